The van der Waals surface area contributed by atoms with E-state index in [-0.39, 0.29) is 48.5 Å². The van der Waals surface area contributed by atoms with Crippen LogP contribution in [0.4, 0.5) is 9.93 Å². The highest BCUT2D eigenvalue weighted by molar-refractivity contribution is 7.91. The van der Waals surface area contributed by atoms with Gasteiger partial charge in [0, 0.05) is 48.3 Å². The van der Waals surface area contributed by atoms with E-state index in [9.17, 15) is 27.9 Å². The van der Waals surface area contributed by atoms with E-state index in [0.29, 0.717) is 46.6 Å². The molecule has 5 heterocycles. The number of nitrogens with zero attached hydrogens (tertiary/aromatic N) is 4. The Morgan fingerprint density at radius 2 is 1.81 bits per heavy atom. The number of pyridine rings is 1. The zero-order chi connectivity index (χ0) is 48.2. The summed E-state index contributed by atoms with van der Waals surface area (Å²) < 4.78 is 46.9. The van der Waals surface area contributed by atoms with Crippen LogP contribution in [0.15, 0.2) is 63.5 Å². The van der Waals surface area contributed by atoms with Gasteiger partial charge < -0.3 is 40.2 Å². The number of aliphatic carboxylic acids is 1. The van der Waals surface area contributed by atoms with Crippen molar-refractivity contribution >= 4 is 72.6 Å². The topological polar surface area (TPSA) is 219 Å². The molecule has 4 N–H and O–H groups in total. The van der Waals surface area contributed by atoms with Gasteiger partial charge in [0.15, 0.2) is 5.13 Å². The second kappa shape index (κ2) is 21.1. The smallest absolute Gasteiger partial charge is 0.408 e. The standard InChI is InChI=1S/C48H61N7O10S3/c1-29(2)49-46-51-38(28-67-46)37-24-40(34-20-19-32(63-4)22-36(34)50-37)64-33-23-39-43(56)53-48(45(58)59)25-31(48)16-11-6-5-7-12-17-35(44(57)55(39)26-33)52-47(60)65-41(30-14-9-8-10-15-30)27-54(3)68(61,62)42-18-13-21-66-42/h11,13,16,18-22,24,28-31,33,35,39,41H,5-10,12,14-15,17,23,25-27H2,1-4H3,(H,49,51)(H,52,60)(H,53,56)(H,58,59)/t31?,33-,35+,39+,41-,48-/m1/s1. The van der Waals surface area contributed by atoms with Crippen molar-refractivity contribution in [3.05, 3.63) is 59.3 Å². The Bertz CT molecular complexity index is 2600. The van der Waals surface area contributed by atoms with Crippen LogP contribution in [0.1, 0.15) is 90.9 Å². The maximum atomic E-state index is 15.0. The van der Waals surface area contributed by atoms with E-state index < -0.39 is 69.6 Å². The first kappa shape index (κ1) is 49.1. The number of thiazole rings is 1. The third kappa shape index (κ3) is 11.1. The lowest BCUT2D eigenvalue weighted by atomic mass is 9.85. The van der Waals surface area contributed by atoms with E-state index in [1.807, 2.05) is 37.4 Å². The van der Waals surface area contributed by atoms with Gasteiger partial charge in [0.25, 0.3) is 10.0 Å². The van der Waals surface area contributed by atoms with Gasteiger partial charge in [0.1, 0.15) is 51.2 Å². The molecule has 0 radical (unpaired) electrons. The van der Waals surface area contributed by atoms with Crippen LogP contribution in [0.2, 0.25) is 0 Å². The fourth-order valence-electron chi connectivity index (χ4n) is 9.58. The number of carbonyl (C=O) groups excluding carboxylic acids is 3. The zero-order valence-corrected chi connectivity index (χ0v) is 41.3. The normalized spacial score (nSPS) is 24.4. The molecule has 4 aromatic rings. The summed E-state index contributed by atoms with van der Waals surface area (Å²) >= 11 is 2.56. The number of carbonyl (C=O) groups is 4. The number of rotatable bonds is 14. The van der Waals surface area contributed by atoms with E-state index in [4.69, 9.17) is 24.2 Å². The molecule has 17 nitrogen and oxygen atoms in total. The molecule has 2 aliphatic heterocycles. The average Bonchev–Trinajstić information content (AvgIpc) is 3.79. The highest BCUT2D eigenvalue weighted by atomic mass is 32.2. The predicted octanol–water partition coefficient (Wildman–Crippen LogP) is 7.44. The number of aromatic nitrogens is 2. The van der Waals surface area contributed by atoms with Gasteiger partial charge in [-0.2, -0.15) is 4.31 Å². The largest absolute Gasteiger partial charge is 0.497 e. The van der Waals surface area contributed by atoms with Crippen LogP contribution in [0, 0.1) is 11.8 Å². The number of amides is 3. The fraction of sp³-hybridized carbons (Fsp3) is 0.542. The molecule has 0 spiro atoms. The first-order valence-electron chi connectivity index (χ1n) is 23.5. The van der Waals surface area contributed by atoms with Gasteiger partial charge in [-0.1, -0.05) is 50.3 Å². The summed E-state index contributed by atoms with van der Waals surface area (Å²) in [6.07, 6.45) is 9.00. The number of likely N-dealkylation sites (N-methyl/N-ethyl adjacent to an activating group) is 1. The molecule has 1 saturated heterocycles. The van der Waals surface area contributed by atoms with Crippen LogP contribution in [-0.2, 0) is 29.1 Å². The summed E-state index contributed by atoms with van der Waals surface area (Å²) in [4.78, 5) is 67.5. The van der Waals surface area contributed by atoms with E-state index in [1.54, 1.807) is 42.8 Å². The minimum Gasteiger partial charge on any atom is -0.497 e. The maximum Gasteiger partial charge on any atom is 0.408 e. The second-order valence-electron chi connectivity index (χ2n) is 18.6. The number of thiophene rings is 1. The van der Waals surface area contributed by atoms with Crippen LogP contribution in [0.3, 0.4) is 0 Å². The van der Waals surface area contributed by atoms with Crippen molar-refractivity contribution in [2.75, 3.05) is 32.6 Å². The van der Waals surface area contributed by atoms with Gasteiger partial charge in [0.2, 0.25) is 11.8 Å². The Morgan fingerprint density at radius 1 is 1.03 bits per heavy atom. The first-order chi connectivity index (χ1) is 32.6. The van der Waals surface area contributed by atoms with Crippen LogP contribution in [-0.4, -0.2) is 120 Å². The molecule has 0 bridgehead atoms. The number of hydrogen-bond donors (Lipinski definition) is 4. The molecule has 20 heteroatoms. The molecule has 4 aliphatic rings. The van der Waals surface area contributed by atoms with Crippen LogP contribution in [0.5, 0.6) is 11.5 Å². The number of fused-ring (bicyclic) bond motifs is 3. The highest BCUT2D eigenvalue weighted by Crippen LogP contribution is 2.46. The van der Waals surface area contributed by atoms with E-state index >= 15 is 4.79 Å². The average molecular weight is 992 g/mol. The van der Waals surface area contributed by atoms with Crippen molar-refractivity contribution in [2.24, 2.45) is 11.8 Å². The SMILES string of the molecule is COc1ccc2c(O[C@@H]3C[C@H]4C(=O)N[C@]5(C(=O)O)CC5C=CCCCCC[C@H](NC(=O)O[C@H](CN(C)S(=O)(=O)c5cccs5)C5CCCCC5)C(=O)N4C3)cc(-c3csc(NC(C)C)n3)nc2c1. The lowest BCUT2D eigenvalue weighted by molar-refractivity contribution is -0.145. The molecular formula is C48H61N7O10S3. The zero-order valence-electron chi connectivity index (χ0n) is 38.8. The highest BCUT2D eigenvalue weighted by Gasteiger charge is 2.61. The molecule has 3 fully saturated rings. The molecule has 3 aromatic heterocycles. The van der Waals surface area contributed by atoms with Gasteiger partial charge in [0.05, 0.1) is 31.4 Å². The number of ether oxygens (including phenoxy) is 3. The van der Waals surface area contributed by atoms with Crippen molar-refractivity contribution in [3.63, 3.8) is 0 Å². The molecule has 8 rings (SSSR count). The number of alkyl carbamates (subject to hydrolysis) is 1. The minimum atomic E-state index is -3.85. The van der Waals surface area contributed by atoms with Gasteiger partial charge in [-0.05, 0) is 81.9 Å². The summed E-state index contributed by atoms with van der Waals surface area (Å²) in [5, 5.41) is 24.4. The molecule has 1 aromatic carbocycles. The van der Waals surface area contributed by atoms with Gasteiger partial charge in [-0.25, -0.2) is 28.0 Å². The minimum absolute atomic E-state index is 0.0220. The Kier molecular flexibility index (Phi) is 15.3. The maximum absolute atomic E-state index is 15.0. The predicted molar refractivity (Wildman–Crippen MR) is 259 cm³/mol. The summed E-state index contributed by atoms with van der Waals surface area (Å²) in [7, 11) is -0.801. The van der Waals surface area contributed by atoms with Crippen LogP contribution in [0.25, 0.3) is 22.3 Å². The number of benzene rings is 1. The Morgan fingerprint density at radius 3 is 2.54 bits per heavy atom. The molecule has 1 unspecified atom stereocenters. The van der Waals surface area contributed by atoms with Crippen LogP contribution >= 0.6 is 22.7 Å². The lowest BCUT2D eigenvalue weighted by Gasteiger charge is -2.33. The third-order valence-electron chi connectivity index (χ3n) is 13.4. The third-order valence-corrected chi connectivity index (χ3v) is 17.4. The van der Waals surface area contributed by atoms with E-state index in [1.165, 1.54) is 27.6 Å². The number of nitrogens with one attached hydrogen (secondary N) is 3. The van der Waals surface area contributed by atoms with Crippen molar-refractivity contribution in [1.29, 1.82) is 0 Å². The van der Waals surface area contributed by atoms with Gasteiger partial charge in [-0.3, -0.25) is 9.59 Å². The lowest BCUT2D eigenvalue weighted by Crippen LogP contribution is -2.56. The number of carboxylic acid groups (broad SMARTS) is 1. The van der Waals surface area contributed by atoms with Gasteiger partial charge >= 0.3 is 12.1 Å². The van der Waals surface area contributed by atoms with E-state index in [0.717, 1.165) is 61.4 Å². The summed E-state index contributed by atoms with van der Waals surface area (Å²) in [6, 6.07) is 8.30. The Labute approximate surface area is 405 Å². The second-order valence-corrected chi connectivity index (χ2v) is 22.7. The quantitative estimate of drug-likeness (QED) is 0.0905. The van der Waals surface area contributed by atoms with E-state index in [2.05, 4.69) is 16.0 Å². The first-order valence-corrected chi connectivity index (χ1v) is 26.7. The molecule has 2 saturated carbocycles. The number of allylic oxidation sites excluding steroid dienone is 1. The monoisotopic (exact) mass is 991 g/mol. The van der Waals surface area contributed by atoms with Crippen molar-refractivity contribution in [2.45, 2.75) is 131 Å². The van der Waals surface area contributed by atoms with Crippen molar-refractivity contribution in [1.82, 2.24) is 29.8 Å². The number of carboxylic acids is 1. The van der Waals surface area contributed by atoms with Gasteiger partial charge in [-0.15, -0.1) is 22.7 Å². The van der Waals surface area contributed by atoms with Crippen LogP contribution < -0.4 is 25.4 Å². The molecule has 3 amide bonds. The molecule has 6 atom stereocenters. The van der Waals surface area contributed by atoms with Crippen molar-refractivity contribution < 1.29 is 46.9 Å². The number of hydrogen-bond acceptors (Lipinski definition) is 14. The molecule has 366 valence electrons. The molecule has 2 aliphatic carbocycles. The molecule has 68 heavy (non-hydrogen) atoms. The fourth-order valence-corrected chi connectivity index (χ4v) is 12.8. The number of anilines is 1. The summed E-state index contributed by atoms with van der Waals surface area (Å²) in [6.45, 7) is 3.93. The Balaban J connectivity index is 1.08. The van der Waals surface area contributed by atoms with Crippen molar-refractivity contribution in [3.8, 4) is 22.9 Å². The molecular weight excluding hydrogens is 931 g/mol. The summed E-state index contributed by atoms with van der Waals surface area (Å²) in [5.41, 5.74) is 0.213. The number of sulfonamides is 1. The Hall–Kier alpha value is -5.31. The number of methoxy groups -OCH3 is 1. The summed E-state index contributed by atoms with van der Waals surface area (Å²) in [5.74, 6) is -1.81.